The lowest BCUT2D eigenvalue weighted by molar-refractivity contribution is 0.768. The van der Waals surface area contributed by atoms with Crippen LogP contribution in [0, 0.1) is 13.8 Å². The zero-order valence-electron chi connectivity index (χ0n) is 35.7. The smallest absolute Gasteiger partial charge is 0.164 e. The van der Waals surface area contributed by atoms with E-state index in [2.05, 4.69) is 238 Å². The third kappa shape index (κ3) is 5.50. The molecule has 0 bridgehead atoms. The molecule has 0 fully saturated rings. The Hall–Kier alpha value is -8.01. The summed E-state index contributed by atoms with van der Waals surface area (Å²) in [6.07, 6.45) is 0. The zero-order valence-corrected chi connectivity index (χ0v) is 35.7. The van der Waals surface area contributed by atoms with E-state index in [9.17, 15) is 0 Å². The van der Waals surface area contributed by atoms with Gasteiger partial charge >= 0.3 is 0 Å². The van der Waals surface area contributed by atoms with Gasteiger partial charge in [-0.25, -0.2) is 15.0 Å². The molecule has 1 aromatic heterocycles. The van der Waals surface area contributed by atoms with Crippen molar-refractivity contribution in [3.8, 4) is 56.4 Å². The minimum absolute atomic E-state index is 0.552. The van der Waals surface area contributed by atoms with Gasteiger partial charge in [0.2, 0.25) is 0 Å². The number of fused-ring (bicyclic) bond motifs is 6. The van der Waals surface area contributed by atoms with Crippen LogP contribution in [0.25, 0.3) is 56.4 Å². The fourth-order valence-electron chi connectivity index (χ4n) is 11.1. The van der Waals surface area contributed by atoms with Crippen LogP contribution >= 0.6 is 0 Å². The van der Waals surface area contributed by atoms with Gasteiger partial charge in [0.15, 0.2) is 17.5 Å². The summed E-state index contributed by atoms with van der Waals surface area (Å²) in [6.45, 7) is 4.29. The predicted octanol–water partition coefficient (Wildman–Crippen LogP) is 14.2. The molecule has 64 heavy (non-hydrogen) atoms. The van der Waals surface area contributed by atoms with Crippen LogP contribution in [0.15, 0.2) is 224 Å². The van der Waals surface area contributed by atoms with Gasteiger partial charge in [-0.05, 0) is 104 Å². The summed E-state index contributed by atoms with van der Waals surface area (Å²) in [5.74, 6) is 1.93. The van der Waals surface area contributed by atoms with Gasteiger partial charge in [-0.1, -0.05) is 212 Å². The summed E-state index contributed by atoms with van der Waals surface area (Å²) < 4.78 is 0. The van der Waals surface area contributed by atoms with Crippen LogP contribution < -0.4 is 0 Å². The standard InChI is InChI=1S/C61H43N3/c1-40-20-17-21-41(2)56(40)59-63-57(42-22-18-28-46(38-42)60(44-24-5-3-6-25-44)52-34-13-9-30-48(52)49-31-10-14-35-53(49)60)62-58(64-59)43-23-19-29-47(39-43)61(45-26-7-4-8-27-45)54-36-15-11-32-50(54)51-33-12-16-37-55(51)61/h3-39H,1-2H3. The number of rotatable bonds is 7. The minimum atomic E-state index is -0.552. The van der Waals surface area contributed by atoms with E-state index in [0.29, 0.717) is 17.5 Å². The van der Waals surface area contributed by atoms with E-state index in [4.69, 9.17) is 15.0 Å². The highest BCUT2D eigenvalue weighted by atomic mass is 15.0. The Morgan fingerprint density at radius 2 is 0.594 bits per heavy atom. The number of nitrogens with zero attached hydrogens (tertiary/aromatic N) is 3. The summed E-state index contributed by atoms with van der Waals surface area (Å²) in [5, 5.41) is 0. The van der Waals surface area contributed by atoms with Crippen molar-refractivity contribution < 1.29 is 0 Å². The molecule has 0 N–H and O–H groups in total. The van der Waals surface area contributed by atoms with Gasteiger partial charge in [-0.3, -0.25) is 0 Å². The molecule has 302 valence electrons. The summed E-state index contributed by atoms with van der Waals surface area (Å²) in [7, 11) is 0. The van der Waals surface area contributed by atoms with Crippen molar-refractivity contribution in [1.82, 2.24) is 15.0 Å². The number of aromatic nitrogens is 3. The second-order valence-corrected chi connectivity index (χ2v) is 17.1. The van der Waals surface area contributed by atoms with Crippen molar-refractivity contribution in [2.75, 3.05) is 0 Å². The first-order valence-electron chi connectivity index (χ1n) is 22.1. The van der Waals surface area contributed by atoms with Crippen molar-refractivity contribution in [2.24, 2.45) is 0 Å². The molecular formula is C61H43N3. The first kappa shape index (κ1) is 37.7. The highest BCUT2D eigenvalue weighted by Crippen LogP contribution is 2.58. The maximum atomic E-state index is 5.44. The van der Waals surface area contributed by atoms with Gasteiger partial charge in [-0.15, -0.1) is 0 Å². The van der Waals surface area contributed by atoms with Crippen LogP contribution in [0.2, 0.25) is 0 Å². The second-order valence-electron chi connectivity index (χ2n) is 17.1. The zero-order chi connectivity index (χ0) is 42.8. The van der Waals surface area contributed by atoms with Crippen LogP contribution in [0.3, 0.4) is 0 Å². The van der Waals surface area contributed by atoms with Crippen LogP contribution in [-0.4, -0.2) is 15.0 Å². The van der Waals surface area contributed by atoms with Crippen molar-refractivity contribution in [3.63, 3.8) is 0 Å². The lowest BCUT2D eigenvalue weighted by atomic mass is 9.67. The van der Waals surface area contributed by atoms with Gasteiger partial charge in [-0.2, -0.15) is 0 Å². The second kappa shape index (κ2) is 14.8. The number of benzene rings is 9. The Bertz CT molecular complexity index is 3110. The molecule has 0 aliphatic heterocycles. The molecule has 0 radical (unpaired) electrons. The van der Waals surface area contributed by atoms with Crippen LogP contribution in [0.5, 0.6) is 0 Å². The molecule has 2 aliphatic carbocycles. The van der Waals surface area contributed by atoms with Gasteiger partial charge in [0.1, 0.15) is 0 Å². The molecule has 0 unspecified atom stereocenters. The third-order valence-corrected chi connectivity index (χ3v) is 13.8. The van der Waals surface area contributed by atoms with E-state index in [0.717, 1.165) is 38.9 Å². The van der Waals surface area contributed by atoms with Crippen molar-refractivity contribution in [2.45, 2.75) is 24.7 Å². The Labute approximate surface area is 374 Å². The Balaban J connectivity index is 1.09. The molecule has 0 spiro atoms. The van der Waals surface area contributed by atoms with Crippen LogP contribution in [-0.2, 0) is 10.8 Å². The van der Waals surface area contributed by atoms with E-state index >= 15 is 0 Å². The predicted molar refractivity (Wildman–Crippen MR) is 260 cm³/mol. The summed E-state index contributed by atoms with van der Waals surface area (Å²) >= 11 is 0. The van der Waals surface area contributed by atoms with Crippen LogP contribution in [0.1, 0.15) is 55.6 Å². The Morgan fingerprint density at radius 3 is 0.984 bits per heavy atom. The molecule has 0 atom stereocenters. The highest BCUT2D eigenvalue weighted by molar-refractivity contribution is 5.88. The summed E-state index contributed by atoms with van der Waals surface area (Å²) in [6, 6.07) is 81.5. The minimum Gasteiger partial charge on any atom is -0.208 e. The lowest BCUT2D eigenvalue weighted by Gasteiger charge is -2.34. The molecule has 0 saturated heterocycles. The van der Waals surface area contributed by atoms with Crippen molar-refractivity contribution >= 4 is 0 Å². The van der Waals surface area contributed by atoms with Crippen molar-refractivity contribution in [3.05, 3.63) is 280 Å². The van der Waals surface area contributed by atoms with Gasteiger partial charge in [0.05, 0.1) is 10.8 Å². The Kier molecular flexibility index (Phi) is 8.74. The molecule has 12 rings (SSSR count). The molecule has 1 heterocycles. The monoisotopic (exact) mass is 817 g/mol. The molecule has 2 aliphatic rings. The number of hydrogen-bond donors (Lipinski definition) is 0. The maximum absolute atomic E-state index is 5.44. The SMILES string of the molecule is Cc1cccc(C)c1-c1nc(-c2cccc(C3(c4ccccc4)c4ccccc4-c4ccccc43)c2)nc(-c2cccc(C3(c4ccccc4)c4ccccc4-c4ccccc43)c2)n1. The average molecular weight is 818 g/mol. The fraction of sp³-hybridized carbons (Fsp3) is 0.0656. The Morgan fingerprint density at radius 1 is 0.281 bits per heavy atom. The molecule has 3 nitrogen and oxygen atoms in total. The third-order valence-electron chi connectivity index (χ3n) is 13.8. The topological polar surface area (TPSA) is 38.7 Å². The van der Waals surface area contributed by atoms with E-state index in [1.54, 1.807) is 0 Å². The number of hydrogen-bond acceptors (Lipinski definition) is 3. The van der Waals surface area contributed by atoms with Gasteiger partial charge in [0, 0.05) is 16.7 Å². The molecule has 0 amide bonds. The quantitative estimate of drug-likeness (QED) is 0.161. The molecule has 10 aromatic rings. The lowest BCUT2D eigenvalue weighted by Crippen LogP contribution is -2.28. The highest BCUT2D eigenvalue weighted by Gasteiger charge is 2.47. The summed E-state index contributed by atoms with van der Waals surface area (Å²) in [4.78, 5) is 16.2. The van der Waals surface area contributed by atoms with Gasteiger partial charge < -0.3 is 0 Å². The fourth-order valence-corrected chi connectivity index (χ4v) is 11.1. The normalized spacial score (nSPS) is 13.7. The van der Waals surface area contributed by atoms with E-state index in [1.165, 1.54) is 55.6 Å². The first-order valence-corrected chi connectivity index (χ1v) is 22.1. The summed E-state index contributed by atoms with van der Waals surface area (Å²) in [5.41, 5.74) is 18.9. The van der Waals surface area contributed by atoms with Crippen molar-refractivity contribution in [1.29, 1.82) is 0 Å². The molecular weight excluding hydrogens is 775 g/mol. The molecule has 3 heteroatoms. The van der Waals surface area contributed by atoms with E-state index in [1.807, 2.05) is 0 Å². The van der Waals surface area contributed by atoms with Gasteiger partial charge in [0.25, 0.3) is 0 Å². The van der Waals surface area contributed by atoms with Crippen LogP contribution in [0.4, 0.5) is 0 Å². The van der Waals surface area contributed by atoms with E-state index in [-0.39, 0.29) is 0 Å². The average Bonchev–Trinajstić information content (AvgIpc) is 3.83. The molecule has 0 saturated carbocycles. The number of aryl methyl sites for hydroxylation is 2. The molecule has 9 aromatic carbocycles. The van der Waals surface area contributed by atoms with E-state index < -0.39 is 10.8 Å². The first-order chi connectivity index (χ1) is 31.6. The largest absolute Gasteiger partial charge is 0.208 e. The maximum Gasteiger partial charge on any atom is 0.164 e.